The number of hydrogen-bond acceptors (Lipinski definition) is 3. The zero-order valence-corrected chi connectivity index (χ0v) is 8.43. The van der Waals surface area contributed by atoms with Gasteiger partial charge in [-0.3, -0.25) is 10.1 Å². The highest BCUT2D eigenvalue weighted by molar-refractivity contribution is 6.02. The van der Waals surface area contributed by atoms with Gasteiger partial charge in [-0.2, -0.15) is 0 Å². The van der Waals surface area contributed by atoms with Crippen molar-refractivity contribution in [2.45, 2.75) is 13.0 Å². The molecule has 1 unspecified atom stereocenters. The number of nitrogens with one attached hydrogen (secondary N) is 1. The second-order valence-corrected chi connectivity index (χ2v) is 3.18. The highest BCUT2D eigenvalue weighted by atomic mass is 16.5. The Bertz CT molecular complexity index is 387. The molecule has 1 N–H and O–H groups in total. The third kappa shape index (κ3) is 1.98. The van der Waals surface area contributed by atoms with Crippen molar-refractivity contribution in [1.82, 2.24) is 5.32 Å². The average Bonchev–Trinajstić information content (AvgIpc) is 2.61. The summed E-state index contributed by atoms with van der Waals surface area (Å²) in [5.74, 6) is -0.159. The molecule has 1 aromatic carbocycles. The van der Waals surface area contributed by atoms with Crippen molar-refractivity contribution in [3.05, 3.63) is 35.9 Å². The molecule has 0 spiro atoms. The number of carbonyl (C=O) groups excluding carboxylic acids is 1. The summed E-state index contributed by atoms with van der Waals surface area (Å²) in [6.07, 6.45) is -0.559. The monoisotopic (exact) mass is 204 g/mol. The van der Waals surface area contributed by atoms with E-state index in [0.717, 1.165) is 5.56 Å². The molecule has 0 aliphatic carbocycles. The van der Waals surface area contributed by atoms with Gasteiger partial charge < -0.3 is 4.74 Å². The van der Waals surface area contributed by atoms with E-state index in [4.69, 9.17) is 4.74 Å². The fourth-order valence-corrected chi connectivity index (χ4v) is 1.43. The molecule has 0 saturated carbocycles. The Morgan fingerprint density at radius 1 is 1.40 bits per heavy atom. The Morgan fingerprint density at radius 3 is 2.80 bits per heavy atom. The van der Waals surface area contributed by atoms with Crippen molar-refractivity contribution in [3.63, 3.8) is 0 Å². The smallest absolute Gasteiger partial charge is 0.292 e. The van der Waals surface area contributed by atoms with E-state index in [0.29, 0.717) is 12.6 Å². The lowest BCUT2D eigenvalue weighted by atomic mass is 10.1. The summed E-state index contributed by atoms with van der Waals surface area (Å²) in [7, 11) is 0. The van der Waals surface area contributed by atoms with Gasteiger partial charge in [-0.25, -0.2) is 4.99 Å². The number of amidine groups is 1. The van der Waals surface area contributed by atoms with E-state index >= 15 is 0 Å². The van der Waals surface area contributed by atoms with Crippen molar-refractivity contribution in [1.29, 1.82) is 0 Å². The molecule has 4 nitrogen and oxygen atoms in total. The van der Waals surface area contributed by atoms with E-state index < -0.39 is 6.10 Å². The number of benzene rings is 1. The van der Waals surface area contributed by atoms with E-state index in [1.807, 2.05) is 37.3 Å². The lowest BCUT2D eigenvalue weighted by Crippen LogP contribution is -2.22. The minimum atomic E-state index is -0.559. The molecule has 1 fully saturated rings. The topological polar surface area (TPSA) is 50.7 Å². The summed E-state index contributed by atoms with van der Waals surface area (Å²) in [6, 6.07) is 9.69. The zero-order valence-electron chi connectivity index (χ0n) is 8.43. The molecule has 2 rings (SSSR count). The Kier molecular flexibility index (Phi) is 2.67. The largest absolute Gasteiger partial charge is 0.447 e. The second-order valence-electron chi connectivity index (χ2n) is 3.18. The fourth-order valence-electron chi connectivity index (χ4n) is 1.43. The molecule has 1 amide bonds. The molecule has 78 valence electrons. The van der Waals surface area contributed by atoms with Gasteiger partial charge in [-0.05, 0) is 6.92 Å². The Balaban J connectivity index is 2.19. The maximum atomic E-state index is 11.5. The molecule has 0 bridgehead atoms. The van der Waals surface area contributed by atoms with Crippen LogP contribution in [0.1, 0.15) is 18.6 Å². The molecular formula is C11H12N2O2. The summed E-state index contributed by atoms with van der Waals surface area (Å²) in [4.78, 5) is 15.6. The van der Waals surface area contributed by atoms with Gasteiger partial charge in [0.2, 0.25) is 6.10 Å². The Morgan fingerprint density at radius 2 is 2.13 bits per heavy atom. The van der Waals surface area contributed by atoms with Crippen LogP contribution in [0.15, 0.2) is 35.3 Å². The maximum Gasteiger partial charge on any atom is 0.292 e. The Labute approximate surface area is 88.0 Å². The second kappa shape index (κ2) is 4.13. The van der Waals surface area contributed by atoms with Gasteiger partial charge in [0.25, 0.3) is 11.9 Å². The van der Waals surface area contributed by atoms with Gasteiger partial charge in [0.15, 0.2) is 0 Å². The van der Waals surface area contributed by atoms with Crippen LogP contribution in [0.5, 0.6) is 0 Å². The van der Waals surface area contributed by atoms with E-state index in [2.05, 4.69) is 10.3 Å². The van der Waals surface area contributed by atoms with Gasteiger partial charge in [-0.1, -0.05) is 30.3 Å². The number of hydrogen-bond donors (Lipinski definition) is 1. The summed E-state index contributed by atoms with van der Waals surface area (Å²) in [5, 5.41) is 2.59. The number of ether oxygens (including phenoxy) is 1. The van der Waals surface area contributed by atoms with Crippen LogP contribution < -0.4 is 5.32 Å². The molecule has 0 aromatic heterocycles. The standard InChI is InChI=1S/C11H12N2O2/c1-2-12-11-13-10(14)9(15-11)8-6-4-3-5-7-8/h3-7,9H,2H2,1H3,(H,12,13,14). The molecule has 1 atom stereocenters. The molecule has 1 aliphatic rings. The van der Waals surface area contributed by atoms with E-state index in [1.54, 1.807) is 0 Å². The van der Waals surface area contributed by atoms with Crippen LogP contribution in [-0.2, 0) is 9.53 Å². The van der Waals surface area contributed by atoms with Gasteiger partial charge >= 0.3 is 0 Å². The van der Waals surface area contributed by atoms with Crippen LogP contribution in [0.25, 0.3) is 0 Å². The van der Waals surface area contributed by atoms with Crippen molar-refractivity contribution >= 4 is 11.9 Å². The van der Waals surface area contributed by atoms with Crippen LogP contribution in [0.3, 0.4) is 0 Å². The quantitative estimate of drug-likeness (QED) is 0.788. The number of amides is 1. The highest BCUT2D eigenvalue weighted by Gasteiger charge is 2.31. The third-order valence-corrected chi connectivity index (χ3v) is 2.10. The van der Waals surface area contributed by atoms with E-state index in [9.17, 15) is 4.79 Å². The first-order valence-corrected chi connectivity index (χ1v) is 4.88. The number of nitrogens with zero attached hydrogens (tertiary/aromatic N) is 1. The summed E-state index contributed by atoms with van der Waals surface area (Å²) in [5.41, 5.74) is 0.844. The summed E-state index contributed by atoms with van der Waals surface area (Å²) < 4.78 is 5.39. The van der Waals surface area contributed by atoms with Crippen LogP contribution in [-0.4, -0.2) is 18.5 Å². The van der Waals surface area contributed by atoms with Crippen molar-refractivity contribution in [2.75, 3.05) is 6.54 Å². The van der Waals surface area contributed by atoms with Gasteiger partial charge in [-0.15, -0.1) is 0 Å². The van der Waals surface area contributed by atoms with Gasteiger partial charge in [0.05, 0.1) is 0 Å². The van der Waals surface area contributed by atoms with E-state index in [1.165, 1.54) is 0 Å². The van der Waals surface area contributed by atoms with Gasteiger partial charge in [0, 0.05) is 12.1 Å². The zero-order chi connectivity index (χ0) is 10.7. The lowest BCUT2D eigenvalue weighted by molar-refractivity contribution is -0.123. The third-order valence-electron chi connectivity index (χ3n) is 2.10. The Hall–Kier alpha value is -1.84. The molecule has 1 saturated heterocycles. The molecular weight excluding hydrogens is 192 g/mol. The van der Waals surface area contributed by atoms with Crippen molar-refractivity contribution in [2.24, 2.45) is 4.99 Å². The normalized spacial score (nSPS) is 22.6. The van der Waals surface area contributed by atoms with Gasteiger partial charge in [0.1, 0.15) is 0 Å². The molecule has 0 radical (unpaired) electrons. The fraction of sp³-hybridized carbons (Fsp3) is 0.273. The predicted octanol–water partition coefficient (Wildman–Crippen LogP) is 1.25. The minimum Gasteiger partial charge on any atom is -0.447 e. The number of aliphatic imine (C=N–C) groups is 1. The number of rotatable bonds is 2. The van der Waals surface area contributed by atoms with Crippen molar-refractivity contribution < 1.29 is 9.53 Å². The summed E-state index contributed by atoms with van der Waals surface area (Å²) >= 11 is 0. The minimum absolute atomic E-state index is 0.159. The van der Waals surface area contributed by atoms with Crippen LogP contribution in [0.2, 0.25) is 0 Å². The van der Waals surface area contributed by atoms with Crippen LogP contribution in [0.4, 0.5) is 0 Å². The lowest BCUT2D eigenvalue weighted by Gasteiger charge is -2.05. The highest BCUT2D eigenvalue weighted by Crippen LogP contribution is 2.21. The molecule has 15 heavy (non-hydrogen) atoms. The molecule has 1 aliphatic heterocycles. The predicted molar refractivity (Wildman–Crippen MR) is 56.4 cm³/mol. The van der Waals surface area contributed by atoms with Crippen LogP contribution >= 0.6 is 0 Å². The van der Waals surface area contributed by atoms with Crippen molar-refractivity contribution in [3.8, 4) is 0 Å². The molecule has 4 heteroatoms. The first-order valence-electron chi connectivity index (χ1n) is 4.88. The SMILES string of the molecule is CCN=C1NC(=O)C(c2ccccc2)O1. The summed E-state index contributed by atoms with van der Waals surface area (Å²) in [6.45, 7) is 2.48. The van der Waals surface area contributed by atoms with Crippen LogP contribution in [0, 0.1) is 0 Å². The number of carbonyl (C=O) groups is 1. The maximum absolute atomic E-state index is 11.5. The average molecular weight is 204 g/mol. The molecule has 1 aromatic rings. The molecule has 1 heterocycles. The first-order chi connectivity index (χ1) is 7.31. The van der Waals surface area contributed by atoms with E-state index in [-0.39, 0.29) is 5.91 Å². The first kappa shape index (κ1) is 9.71.